The molecule has 1 aromatic heterocycles. The highest BCUT2D eigenvalue weighted by Crippen LogP contribution is 2.17. The van der Waals surface area contributed by atoms with Crippen molar-refractivity contribution in [1.82, 2.24) is 4.98 Å². The molecule has 2 N–H and O–H groups in total. The molecule has 0 saturated carbocycles. The van der Waals surface area contributed by atoms with Gasteiger partial charge >= 0.3 is 0 Å². The lowest BCUT2D eigenvalue weighted by atomic mass is 10.1. The van der Waals surface area contributed by atoms with E-state index in [2.05, 4.69) is 26.2 Å². The van der Waals surface area contributed by atoms with Crippen LogP contribution >= 0.6 is 15.9 Å². The first-order chi connectivity index (χ1) is 6.99. The normalized spacial score (nSPS) is 14.7. The highest BCUT2D eigenvalue weighted by molar-refractivity contribution is 9.10. The fraction of sp³-hybridized carbons (Fsp3) is 0.500. The van der Waals surface area contributed by atoms with Gasteiger partial charge in [0.1, 0.15) is 0 Å². The zero-order chi connectivity index (χ0) is 11.4. The topological polar surface area (TPSA) is 45.1 Å². The van der Waals surface area contributed by atoms with Crippen LogP contribution in [0.4, 0.5) is 10.2 Å². The number of aliphatic hydroxyl groups excluding tert-OH is 1. The van der Waals surface area contributed by atoms with E-state index >= 15 is 0 Å². The molecule has 0 amide bonds. The van der Waals surface area contributed by atoms with E-state index in [-0.39, 0.29) is 11.9 Å². The van der Waals surface area contributed by atoms with Crippen LogP contribution in [0.25, 0.3) is 0 Å². The predicted octanol–water partition coefficient (Wildman–Crippen LogP) is 2.55. The molecule has 84 valence electrons. The highest BCUT2D eigenvalue weighted by atomic mass is 79.9. The molecule has 5 heteroatoms. The maximum Gasteiger partial charge on any atom is 0.166 e. The lowest BCUT2D eigenvalue weighted by molar-refractivity contribution is 0.179. The number of aromatic nitrogens is 1. The summed E-state index contributed by atoms with van der Waals surface area (Å²) in [5, 5.41) is 12.1. The summed E-state index contributed by atoms with van der Waals surface area (Å²) in [6, 6.07) is 1.33. The number of halogens is 2. The predicted molar refractivity (Wildman–Crippen MR) is 61.3 cm³/mol. The highest BCUT2D eigenvalue weighted by Gasteiger charge is 2.10. The van der Waals surface area contributed by atoms with Gasteiger partial charge in [0, 0.05) is 16.7 Å². The lowest BCUT2D eigenvalue weighted by Crippen LogP contribution is -2.21. The third-order valence-electron chi connectivity index (χ3n) is 1.89. The minimum absolute atomic E-state index is 0.0202. The maximum absolute atomic E-state index is 13.3. The van der Waals surface area contributed by atoms with Crippen LogP contribution in [-0.2, 0) is 0 Å². The summed E-state index contributed by atoms with van der Waals surface area (Å²) in [6.07, 6.45) is 1.67. The van der Waals surface area contributed by atoms with Gasteiger partial charge in [-0.25, -0.2) is 9.37 Å². The number of hydrogen-bond donors (Lipinski definition) is 2. The van der Waals surface area contributed by atoms with Gasteiger partial charge in [0.2, 0.25) is 0 Å². The molecule has 2 atom stereocenters. The SMILES string of the molecule is CC(O)CC(C)Nc1ncc(Br)cc1F. The number of nitrogens with zero attached hydrogens (tertiary/aromatic N) is 1. The van der Waals surface area contributed by atoms with E-state index in [4.69, 9.17) is 5.11 Å². The second kappa shape index (κ2) is 5.42. The molecule has 2 unspecified atom stereocenters. The fourth-order valence-electron chi connectivity index (χ4n) is 1.32. The second-order valence-electron chi connectivity index (χ2n) is 3.61. The lowest BCUT2D eigenvalue weighted by Gasteiger charge is -2.16. The van der Waals surface area contributed by atoms with Crippen LogP contribution in [0, 0.1) is 5.82 Å². The fourth-order valence-corrected chi connectivity index (χ4v) is 1.63. The minimum Gasteiger partial charge on any atom is -0.393 e. The van der Waals surface area contributed by atoms with Crippen molar-refractivity contribution in [2.24, 2.45) is 0 Å². The average molecular weight is 277 g/mol. The molecule has 0 aromatic carbocycles. The van der Waals surface area contributed by atoms with Gasteiger partial charge in [-0.1, -0.05) is 0 Å². The van der Waals surface area contributed by atoms with E-state index in [1.165, 1.54) is 12.3 Å². The first-order valence-electron chi connectivity index (χ1n) is 4.74. The van der Waals surface area contributed by atoms with Crippen LogP contribution < -0.4 is 5.32 Å². The number of hydrogen-bond acceptors (Lipinski definition) is 3. The van der Waals surface area contributed by atoms with Crippen LogP contribution in [0.1, 0.15) is 20.3 Å². The van der Waals surface area contributed by atoms with Crippen LogP contribution in [0.5, 0.6) is 0 Å². The van der Waals surface area contributed by atoms with Crippen molar-refractivity contribution >= 4 is 21.7 Å². The van der Waals surface area contributed by atoms with Crippen molar-refractivity contribution in [2.45, 2.75) is 32.4 Å². The summed E-state index contributed by atoms with van der Waals surface area (Å²) in [6.45, 7) is 3.57. The number of pyridine rings is 1. The van der Waals surface area contributed by atoms with E-state index in [0.29, 0.717) is 10.9 Å². The van der Waals surface area contributed by atoms with Crippen molar-refractivity contribution in [2.75, 3.05) is 5.32 Å². The Kier molecular flexibility index (Phi) is 4.47. The third kappa shape index (κ3) is 4.13. The van der Waals surface area contributed by atoms with Crippen molar-refractivity contribution in [3.05, 3.63) is 22.6 Å². The summed E-state index contributed by atoms with van der Waals surface area (Å²) < 4.78 is 13.9. The summed E-state index contributed by atoms with van der Waals surface area (Å²) in [5.74, 6) is -0.187. The molecule has 1 aromatic rings. The van der Waals surface area contributed by atoms with Crippen LogP contribution in [-0.4, -0.2) is 22.2 Å². The molecule has 0 aliphatic rings. The van der Waals surface area contributed by atoms with Crippen molar-refractivity contribution < 1.29 is 9.50 Å². The first kappa shape index (κ1) is 12.4. The molecule has 0 radical (unpaired) electrons. The van der Waals surface area contributed by atoms with Gasteiger partial charge in [-0.05, 0) is 42.3 Å². The van der Waals surface area contributed by atoms with Gasteiger partial charge in [0.15, 0.2) is 11.6 Å². The molecule has 1 rings (SSSR count). The standard InChI is InChI=1S/C10H14BrFN2O/c1-6(3-7(2)15)14-10-9(12)4-8(11)5-13-10/h4-7,15H,3H2,1-2H3,(H,13,14). The largest absolute Gasteiger partial charge is 0.393 e. The molecular formula is C10H14BrFN2O. The Morgan fingerprint density at radius 3 is 2.80 bits per heavy atom. The van der Waals surface area contributed by atoms with Gasteiger partial charge in [-0.15, -0.1) is 0 Å². The molecule has 0 aliphatic heterocycles. The molecule has 0 fully saturated rings. The van der Waals surface area contributed by atoms with Gasteiger partial charge in [-0.2, -0.15) is 0 Å². The Morgan fingerprint density at radius 2 is 2.27 bits per heavy atom. The van der Waals surface area contributed by atoms with Crippen molar-refractivity contribution in [3.63, 3.8) is 0 Å². The van der Waals surface area contributed by atoms with Gasteiger partial charge in [-0.3, -0.25) is 0 Å². The van der Waals surface area contributed by atoms with Crippen LogP contribution in [0.2, 0.25) is 0 Å². The first-order valence-corrected chi connectivity index (χ1v) is 5.54. The van der Waals surface area contributed by atoms with E-state index in [9.17, 15) is 4.39 Å². The smallest absolute Gasteiger partial charge is 0.166 e. The Labute approximate surface area is 96.9 Å². The zero-order valence-electron chi connectivity index (χ0n) is 8.67. The molecule has 3 nitrogen and oxygen atoms in total. The molecule has 15 heavy (non-hydrogen) atoms. The third-order valence-corrected chi connectivity index (χ3v) is 2.32. The van der Waals surface area contributed by atoms with Crippen molar-refractivity contribution in [3.8, 4) is 0 Å². The number of nitrogens with one attached hydrogen (secondary N) is 1. The quantitative estimate of drug-likeness (QED) is 0.889. The summed E-state index contributed by atoms with van der Waals surface area (Å²) in [4.78, 5) is 3.91. The van der Waals surface area contributed by atoms with Crippen molar-refractivity contribution in [1.29, 1.82) is 0 Å². The zero-order valence-corrected chi connectivity index (χ0v) is 10.3. The second-order valence-corrected chi connectivity index (χ2v) is 4.53. The Hall–Kier alpha value is -0.680. The Bertz CT molecular complexity index is 333. The van der Waals surface area contributed by atoms with Gasteiger partial charge in [0.25, 0.3) is 0 Å². The minimum atomic E-state index is -0.411. The summed E-state index contributed by atoms with van der Waals surface area (Å²) >= 11 is 3.13. The van der Waals surface area contributed by atoms with E-state index in [0.717, 1.165) is 0 Å². The Morgan fingerprint density at radius 1 is 1.60 bits per heavy atom. The van der Waals surface area contributed by atoms with Crippen LogP contribution in [0.3, 0.4) is 0 Å². The molecule has 1 heterocycles. The van der Waals surface area contributed by atoms with Gasteiger partial charge in [0.05, 0.1) is 6.10 Å². The van der Waals surface area contributed by atoms with Crippen LogP contribution in [0.15, 0.2) is 16.7 Å². The summed E-state index contributed by atoms with van der Waals surface area (Å²) in [7, 11) is 0. The maximum atomic E-state index is 13.3. The molecule has 0 spiro atoms. The van der Waals surface area contributed by atoms with Gasteiger partial charge < -0.3 is 10.4 Å². The molecular weight excluding hydrogens is 263 g/mol. The monoisotopic (exact) mass is 276 g/mol. The Balaban J connectivity index is 2.64. The van der Waals surface area contributed by atoms with E-state index in [1.807, 2.05) is 6.92 Å². The number of anilines is 1. The average Bonchev–Trinajstić information content (AvgIpc) is 2.08. The molecule has 0 saturated heterocycles. The molecule has 0 aliphatic carbocycles. The van der Waals surface area contributed by atoms with E-state index < -0.39 is 11.9 Å². The molecule has 0 bridgehead atoms. The number of aliphatic hydroxyl groups is 1. The number of rotatable bonds is 4. The summed E-state index contributed by atoms with van der Waals surface area (Å²) in [5.41, 5.74) is 0. The van der Waals surface area contributed by atoms with E-state index in [1.54, 1.807) is 6.92 Å².